The van der Waals surface area contributed by atoms with E-state index in [9.17, 15) is 0 Å². The zero-order valence-corrected chi connectivity index (χ0v) is 20.2. The van der Waals surface area contributed by atoms with Gasteiger partial charge in [-0.15, -0.1) is 0 Å². The van der Waals surface area contributed by atoms with Crippen molar-refractivity contribution in [2.24, 2.45) is 4.99 Å². The molecule has 6 nitrogen and oxygen atoms in total. The molecule has 0 spiro atoms. The first-order valence-electron chi connectivity index (χ1n) is 12.2. The normalized spacial score (nSPS) is 24.2. The lowest BCUT2D eigenvalue weighted by atomic mass is 9.80. The van der Waals surface area contributed by atoms with Gasteiger partial charge in [0.05, 0.1) is 12.6 Å². The standard InChI is InChI=1S/C23H44N4O2S/c1-3-24-22(26-12-8-21(9-13-26)29-17-7-16-28-2)25-20-23(10-5-4-6-11-23)27-14-18-30-19-15-27/h21H,3-20H2,1-2H3,(H,24,25). The lowest BCUT2D eigenvalue weighted by Crippen LogP contribution is -2.56. The maximum Gasteiger partial charge on any atom is 0.193 e. The zero-order valence-electron chi connectivity index (χ0n) is 19.4. The Morgan fingerprint density at radius 1 is 1.07 bits per heavy atom. The number of ether oxygens (including phenoxy) is 2. The Kier molecular flexibility index (Phi) is 10.6. The second kappa shape index (κ2) is 13.1. The molecule has 0 unspecified atom stereocenters. The quantitative estimate of drug-likeness (QED) is 0.337. The minimum Gasteiger partial charge on any atom is -0.385 e. The number of likely N-dealkylation sites (tertiary alicyclic amines) is 1. The van der Waals surface area contributed by atoms with Crippen molar-refractivity contribution in [3.8, 4) is 0 Å². The number of methoxy groups -OCH3 is 1. The van der Waals surface area contributed by atoms with Gasteiger partial charge in [0.15, 0.2) is 5.96 Å². The van der Waals surface area contributed by atoms with Crippen molar-refractivity contribution in [1.29, 1.82) is 0 Å². The smallest absolute Gasteiger partial charge is 0.193 e. The summed E-state index contributed by atoms with van der Waals surface area (Å²) in [7, 11) is 1.75. The highest BCUT2D eigenvalue weighted by Crippen LogP contribution is 2.35. The molecule has 1 saturated carbocycles. The van der Waals surface area contributed by atoms with Crippen LogP contribution in [0, 0.1) is 0 Å². The van der Waals surface area contributed by atoms with Crippen LogP contribution in [0.15, 0.2) is 4.99 Å². The Hall–Kier alpha value is -0.500. The van der Waals surface area contributed by atoms with Gasteiger partial charge in [-0.2, -0.15) is 11.8 Å². The van der Waals surface area contributed by atoms with Gasteiger partial charge in [0, 0.05) is 70.1 Å². The van der Waals surface area contributed by atoms with Crippen molar-refractivity contribution >= 4 is 17.7 Å². The number of rotatable bonds is 9. The predicted octanol–water partition coefficient (Wildman–Crippen LogP) is 3.22. The second-order valence-corrected chi connectivity index (χ2v) is 10.2. The molecule has 0 aromatic heterocycles. The number of guanidine groups is 1. The van der Waals surface area contributed by atoms with Crippen molar-refractivity contribution in [3.63, 3.8) is 0 Å². The van der Waals surface area contributed by atoms with Crippen LogP contribution in [0.1, 0.15) is 58.3 Å². The third-order valence-corrected chi connectivity index (χ3v) is 7.85. The van der Waals surface area contributed by atoms with Crippen LogP contribution < -0.4 is 5.32 Å². The number of thioether (sulfide) groups is 1. The molecule has 0 bridgehead atoms. The molecule has 7 heteroatoms. The molecule has 30 heavy (non-hydrogen) atoms. The minimum atomic E-state index is 0.294. The maximum atomic E-state index is 6.05. The molecule has 174 valence electrons. The summed E-state index contributed by atoms with van der Waals surface area (Å²) in [5.41, 5.74) is 0.294. The van der Waals surface area contributed by atoms with Gasteiger partial charge in [-0.25, -0.2) is 0 Å². The van der Waals surface area contributed by atoms with Crippen LogP contribution in [0.5, 0.6) is 0 Å². The monoisotopic (exact) mass is 440 g/mol. The molecule has 1 N–H and O–H groups in total. The first kappa shape index (κ1) is 24.1. The summed E-state index contributed by atoms with van der Waals surface area (Å²) in [6, 6.07) is 0. The van der Waals surface area contributed by atoms with Crippen LogP contribution in [0.4, 0.5) is 0 Å². The Morgan fingerprint density at radius 3 is 2.47 bits per heavy atom. The van der Waals surface area contributed by atoms with E-state index in [4.69, 9.17) is 14.5 Å². The summed E-state index contributed by atoms with van der Waals surface area (Å²) < 4.78 is 11.2. The van der Waals surface area contributed by atoms with E-state index in [2.05, 4.69) is 33.8 Å². The SMILES string of the molecule is CCNC(=NCC1(N2CCSCC2)CCCCC1)N1CCC(OCCCOC)CC1. The van der Waals surface area contributed by atoms with Crippen LogP contribution in [0.2, 0.25) is 0 Å². The fraction of sp³-hybridized carbons (Fsp3) is 0.957. The predicted molar refractivity (Wildman–Crippen MR) is 128 cm³/mol. The van der Waals surface area contributed by atoms with Crippen molar-refractivity contribution in [3.05, 3.63) is 0 Å². The van der Waals surface area contributed by atoms with Crippen LogP contribution in [-0.2, 0) is 9.47 Å². The van der Waals surface area contributed by atoms with Crippen molar-refractivity contribution in [2.45, 2.75) is 69.9 Å². The van der Waals surface area contributed by atoms with E-state index in [1.54, 1.807) is 7.11 Å². The van der Waals surface area contributed by atoms with Crippen LogP contribution in [0.3, 0.4) is 0 Å². The molecule has 2 heterocycles. The molecule has 3 aliphatic rings. The van der Waals surface area contributed by atoms with Gasteiger partial charge < -0.3 is 19.7 Å². The third kappa shape index (κ3) is 7.01. The summed E-state index contributed by atoms with van der Waals surface area (Å²) in [5.74, 6) is 3.68. The highest BCUT2D eigenvalue weighted by Gasteiger charge is 2.38. The minimum absolute atomic E-state index is 0.294. The topological polar surface area (TPSA) is 49.3 Å². The molecular formula is C23H44N4O2S. The van der Waals surface area contributed by atoms with E-state index < -0.39 is 0 Å². The summed E-state index contributed by atoms with van der Waals surface area (Å²) in [6.07, 6.45) is 10.3. The second-order valence-electron chi connectivity index (χ2n) is 8.96. The molecule has 0 radical (unpaired) electrons. The zero-order chi connectivity index (χ0) is 21.1. The fourth-order valence-electron chi connectivity index (χ4n) is 5.16. The average molecular weight is 441 g/mol. The van der Waals surface area contributed by atoms with E-state index in [0.29, 0.717) is 11.6 Å². The first-order chi connectivity index (χ1) is 14.8. The third-order valence-electron chi connectivity index (χ3n) is 6.91. The van der Waals surface area contributed by atoms with Gasteiger partial charge in [0.2, 0.25) is 0 Å². The van der Waals surface area contributed by atoms with Gasteiger partial charge in [0.1, 0.15) is 0 Å². The van der Waals surface area contributed by atoms with E-state index in [1.165, 1.54) is 56.7 Å². The number of nitrogens with one attached hydrogen (secondary N) is 1. The van der Waals surface area contributed by atoms with Crippen molar-refractivity contribution in [2.75, 3.05) is 71.1 Å². The van der Waals surface area contributed by atoms with E-state index >= 15 is 0 Å². The molecule has 2 aliphatic heterocycles. The summed E-state index contributed by atoms with van der Waals surface area (Å²) in [5, 5.41) is 3.58. The molecule has 3 fully saturated rings. The summed E-state index contributed by atoms with van der Waals surface area (Å²) >= 11 is 2.11. The number of piperidine rings is 1. The van der Waals surface area contributed by atoms with Crippen molar-refractivity contribution < 1.29 is 9.47 Å². The molecule has 0 atom stereocenters. The molecule has 0 aromatic carbocycles. The Balaban J connectivity index is 1.56. The van der Waals surface area contributed by atoms with E-state index in [-0.39, 0.29) is 0 Å². The van der Waals surface area contributed by atoms with E-state index in [1.807, 2.05) is 0 Å². The first-order valence-corrected chi connectivity index (χ1v) is 13.4. The molecule has 0 amide bonds. The molecule has 1 aliphatic carbocycles. The van der Waals surface area contributed by atoms with Crippen molar-refractivity contribution in [1.82, 2.24) is 15.1 Å². The summed E-state index contributed by atoms with van der Waals surface area (Å²) in [6.45, 7) is 10.2. The molecule has 3 rings (SSSR count). The lowest BCUT2D eigenvalue weighted by Gasteiger charge is -2.47. The van der Waals surface area contributed by atoms with Gasteiger partial charge in [-0.3, -0.25) is 9.89 Å². The number of hydrogen-bond donors (Lipinski definition) is 1. The Labute approximate surface area is 188 Å². The Morgan fingerprint density at radius 2 is 1.80 bits per heavy atom. The largest absolute Gasteiger partial charge is 0.385 e. The van der Waals surface area contributed by atoms with Gasteiger partial charge in [-0.05, 0) is 39.0 Å². The van der Waals surface area contributed by atoms with Gasteiger partial charge in [-0.1, -0.05) is 19.3 Å². The molecular weight excluding hydrogens is 396 g/mol. The number of aliphatic imine (C=N–C) groups is 1. The van der Waals surface area contributed by atoms with Crippen LogP contribution >= 0.6 is 11.8 Å². The highest BCUT2D eigenvalue weighted by atomic mass is 32.2. The maximum absolute atomic E-state index is 6.05. The molecule has 2 saturated heterocycles. The van der Waals surface area contributed by atoms with Gasteiger partial charge >= 0.3 is 0 Å². The van der Waals surface area contributed by atoms with Gasteiger partial charge in [0.25, 0.3) is 0 Å². The lowest BCUT2D eigenvalue weighted by molar-refractivity contribution is 0.00976. The number of nitrogens with zero attached hydrogens (tertiary/aromatic N) is 3. The number of hydrogen-bond acceptors (Lipinski definition) is 5. The summed E-state index contributed by atoms with van der Waals surface area (Å²) in [4.78, 5) is 10.5. The van der Waals surface area contributed by atoms with E-state index in [0.717, 1.165) is 64.6 Å². The van der Waals surface area contributed by atoms with Crippen LogP contribution in [0.25, 0.3) is 0 Å². The average Bonchev–Trinajstić information content (AvgIpc) is 2.81. The molecule has 0 aromatic rings. The highest BCUT2D eigenvalue weighted by molar-refractivity contribution is 7.99. The fourth-order valence-corrected chi connectivity index (χ4v) is 6.06. The Bertz CT molecular complexity index is 499. The van der Waals surface area contributed by atoms with Crippen LogP contribution in [-0.4, -0.2) is 98.5 Å².